The summed E-state index contributed by atoms with van der Waals surface area (Å²) in [7, 11) is 0. The van der Waals surface area contributed by atoms with Gasteiger partial charge in [0.1, 0.15) is 0 Å². The number of carbonyl (C=O) groups excluding carboxylic acids is 1. The van der Waals surface area contributed by atoms with Crippen molar-refractivity contribution in [1.82, 2.24) is 20.8 Å². The van der Waals surface area contributed by atoms with Crippen LogP contribution >= 0.6 is 0 Å². The summed E-state index contributed by atoms with van der Waals surface area (Å²) < 4.78 is 0. The Bertz CT molecular complexity index is 664. The topological polar surface area (TPSA) is 70.2 Å². The second-order valence-corrected chi connectivity index (χ2v) is 6.40. The van der Waals surface area contributed by atoms with E-state index in [9.17, 15) is 4.79 Å². The van der Waals surface area contributed by atoms with Crippen molar-refractivity contribution >= 4 is 11.7 Å². The lowest BCUT2D eigenvalue weighted by molar-refractivity contribution is -0.120. The lowest BCUT2D eigenvalue weighted by Gasteiger charge is -2.25. The number of anilines is 1. The van der Waals surface area contributed by atoms with Crippen LogP contribution in [0.2, 0.25) is 0 Å². The summed E-state index contributed by atoms with van der Waals surface area (Å²) in [6.45, 7) is 4.08. The number of hydrogen-bond acceptors (Lipinski definition) is 5. The van der Waals surface area contributed by atoms with Crippen molar-refractivity contribution in [3.05, 3.63) is 54.2 Å². The zero-order valence-electron chi connectivity index (χ0n) is 14.6. The molecule has 2 aromatic rings. The SMILES string of the molecule is C[C@@H](NC(=O)CNC[C@@H]1CCCN1c1cccnn1)c1ccccc1. The van der Waals surface area contributed by atoms with Gasteiger partial charge in [0.25, 0.3) is 0 Å². The van der Waals surface area contributed by atoms with Gasteiger partial charge in [-0.05, 0) is 37.5 Å². The summed E-state index contributed by atoms with van der Waals surface area (Å²) >= 11 is 0. The highest BCUT2D eigenvalue weighted by atomic mass is 16.1. The molecule has 1 saturated heterocycles. The molecule has 1 fully saturated rings. The van der Waals surface area contributed by atoms with Crippen LogP contribution in [-0.4, -0.2) is 41.8 Å². The molecule has 2 atom stereocenters. The first-order valence-electron chi connectivity index (χ1n) is 8.83. The third-order valence-electron chi connectivity index (χ3n) is 4.57. The number of amides is 1. The molecule has 1 aromatic carbocycles. The number of hydrogen-bond donors (Lipinski definition) is 2. The molecule has 2 heterocycles. The Morgan fingerprint density at radius 1 is 1.28 bits per heavy atom. The van der Waals surface area contributed by atoms with E-state index in [0.717, 1.165) is 37.3 Å². The Balaban J connectivity index is 1.44. The maximum Gasteiger partial charge on any atom is 0.234 e. The van der Waals surface area contributed by atoms with Crippen LogP contribution in [0.15, 0.2) is 48.7 Å². The van der Waals surface area contributed by atoms with E-state index >= 15 is 0 Å². The van der Waals surface area contributed by atoms with E-state index in [1.165, 1.54) is 0 Å². The van der Waals surface area contributed by atoms with Gasteiger partial charge in [-0.15, -0.1) is 5.10 Å². The minimum absolute atomic E-state index is 0.0121. The second kappa shape index (κ2) is 8.58. The first kappa shape index (κ1) is 17.4. The van der Waals surface area contributed by atoms with Crippen LogP contribution < -0.4 is 15.5 Å². The predicted molar refractivity (Wildman–Crippen MR) is 98.3 cm³/mol. The maximum atomic E-state index is 12.1. The number of carbonyl (C=O) groups is 1. The third-order valence-corrected chi connectivity index (χ3v) is 4.57. The van der Waals surface area contributed by atoms with Gasteiger partial charge in [-0.25, -0.2) is 0 Å². The van der Waals surface area contributed by atoms with Crippen LogP contribution in [0.3, 0.4) is 0 Å². The molecule has 6 heteroatoms. The summed E-state index contributed by atoms with van der Waals surface area (Å²) in [4.78, 5) is 14.4. The summed E-state index contributed by atoms with van der Waals surface area (Å²) in [5.41, 5.74) is 1.11. The van der Waals surface area contributed by atoms with Gasteiger partial charge in [0, 0.05) is 25.3 Å². The molecule has 1 aliphatic heterocycles. The van der Waals surface area contributed by atoms with Gasteiger partial charge in [-0.1, -0.05) is 30.3 Å². The van der Waals surface area contributed by atoms with Crippen LogP contribution in [0.25, 0.3) is 0 Å². The molecular formula is C19H25N5O. The van der Waals surface area contributed by atoms with Crippen LogP contribution in [0.5, 0.6) is 0 Å². The molecule has 0 unspecified atom stereocenters. The summed E-state index contributed by atoms with van der Waals surface area (Å²) in [6, 6.07) is 14.3. The number of nitrogens with zero attached hydrogens (tertiary/aromatic N) is 3. The number of benzene rings is 1. The monoisotopic (exact) mass is 339 g/mol. The Morgan fingerprint density at radius 3 is 2.88 bits per heavy atom. The van der Waals surface area contributed by atoms with Crippen LogP contribution in [-0.2, 0) is 4.79 Å². The number of aromatic nitrogens is 2. The quantitative estimate of drug-likeness (QED) is 0.806. The fourth-order valence-electron chi connectivity index (χ4n) is 3.27. The molecule has 2 N–H and O–H groups in total. The Labute approximate surface area is 148 Å². The third kappa shape index (κ3) is 4.76. The molecule has 25 heavy (non-hydrogen) atoms. The van der Waals surface area contributed by atoms with Crippen molar-refractivity contribution in [3.63, 3.8) is 0 Å². The average Bonchev–Trinajstić information content (AvgIpc) is 3.11. The highest BCUT2D eigenvalue weighted by molar-refractivity contribution is 5.78. The molecule has 0 spiro atoms. The zero-order valence-corrected chi connectivity index (χ0v) is 14.6. The Hall–Kier alpha value is -2.47. The van der Waals surface area contributed by atoms with E-state index in [-0.39, 0.29) is 11.9 Å². The average molecular weight is 339 g/mol. The van der Waals surface area contributed by atoms with E-state index in [0.29, 0.717) is 12.6 Å². The first-order valence-corrected chi connectivity index (χ1v) is 8.83. The molecule has 1 amide bonds. The molecular weight excluding hydrogens is 314 g/mol. The fraction of sp³-hybridized carbons (Fsp3) is 0.421. The molecule has 132 valence electrons. The van der Waals surface area contributed by atoms with Crippen LogP contribution in [0, 0.1) is 0 Å². The molecule has 0 bridgehead atoms. The van der Waals surface area contributed by atoms with Gasteiger partial charge in [0.05, 0.1) is 12.6 Å². The molecule has 0 saturated carbocycles. The highest BCUT2D eigenvalue weighted by Crippen LogP contribution is 2.22. The van der Waals surface area contributed by atoms with Gasteiger partial charge in [0.15, 0.2) is 5.82 Å². The van der Waals surface area contributed by atoms with Crippen LogP contribution in [0.4, 0.5) is 5.82 Å². The van der Waals surface area contributed by atoms with Crippen molar-refractivity contribution in [2.45, 2.75) is 31.8 Å². The minimum atomic E-state index is 0.0121. The fourth-order valence-corrected chi connectivity index (χ4v) is 3.27. The van der Waals surface area contributed by atoms with Gasteiger partial charge < -0.3 is 15.5 Å². The van der Waals surface area contributed by atoms with E-state index < -0.39 is 0 Å². The lowest BCUT2D eigenvalue weighted by Crippen LogP contribution is -2.42. The standard InChI is InChI=1S/C19H25N5O/c1-15(16-7-3-2-4-8-16)22-19(25)14-20-13-17-9-6-12-24(17)18-10-5-11-21-23-18/h2-5,7-8,10-11,15,17,20H,6,9,12-14H2,1H3,(H,22,25)/t15-,17+/m1/s1. The number of nitrogens with one attached hydrogen (secondary N) is 2. The minimum Gasteiger partial charge on any atom is -0.351 e. The maximum absolute atomic E-state index is 12.1. The van der Waals surface area contributed by atoms with E-state index in [1.54, 1.807) is 6.20 Å². The predicted octanol–water partition coefficient (Wildman–Crippen LogP) is 1.91. The molecule has 1 aliphatic rings. The van der Waals surface area contributed by atoms with E-state index in [2.05, 4.69) is 25.7 Å². The summed E-state index contributed by atoms with van der Waals surface area (Å²) in [6.07, 6.45) is 3.93. The van der Waals surface area contributed by atoms with Crippen molar-refractivity contribution in [1.29, 1.82) is 0 Å². The van der Waals surface area contributed by atoms with E-state index in [4.69, 9.17) is 0 Å². The van der Waals surface area contributed by atoms with E-state index in [1.807, 2.05) is 49.4 Å². The molecule has 1 aromatic heterocycles. The van der Waals surface area contributed by atoms with Gasteiger partial charge >= 0.3 is 0 Å². The van der Waals surface area contributed by atoms with Crippen molar-refractivity contribution in [2.75, 3.05) is 24.5 Å². The second-order valence-electron chi connectivity index (χ2n) is 6.40. The Kier molecular flexibility index (Phi) is 5.95. The smallest absolute Gasteiger partial charge is 0.234 e. The van der Waals surface area contributed by atoms with Crippen LogP contribution in [0.1, 0.15) is 31.4 Å². The highest BCUT2D eigenvalue weighted by Gasteiger charge is 2.25. The molecule has 3 rings (SSSR count). The summed E-state index contributed by atoms with van der Waals surface area (Å²) in [5.74, 6) is 0.925. The molecule has 0 radical (unpaired) electrons. The summed E-state index contributed by atoms with van der Waals surface area (Å²) in [5, 5.41) is 14.5. The van der Waals surface area contributed by atoms with Gasteiger partial charge in [0.2, 0.25) is 5.91 Å². The largest absolute Gasteiger partial charge is 0.351 e. The molecule has 6 nitrogen and oxygen atoms in total. The van der Waals surface area contributed by atoms with Crippen molar-refractivity contribution in [3.8, 4) is 0 Å². The number of rotatable bonds is 7. The van der Waals surface area contributed by atoms with Crippen molar-refractivity contribution in [2.24, 2.45) is 0 Å². The van der Waals surface area contributed by atoms with Gasteiger partial charge in [-0.3, -0.25) is 4.79 Å². The van der Waals surface area contributed by atoms with Gasteiger partial charge in [-0.2, -0.15) is 5.10 Å². The lowest BCUT2D eigenvalue weighted by atomic mass is 10.1. The normalized spacial score (nSPS) is 18.1. The Morgan fingerprint density at radius 2 is 2.12 bits per heavy atom. The zero-order chi connectivity index (χ0) is 17.5. The molecule has 0 aliphatic carbocycles. The van der Waals surface area contributed by atoms with Crippen molar-refractivity contribution < 1.29 is 4.79 Å². The first-order chi connectivity index (χ1) is 12.2.